The maximum Gasteiger partial charge on any atom is 0.337 e. The Hall–Kier alpha value is -2.61. The van der Waals surface area contributed by atoms with Gasteiger partial charge in [-0.25, -0.2) is 14.2 Å². The Bertz CT molecular complexity index is 981. The number of nitrogens with one attached hydrogen (secondary N) is 1. The van der Waals surface area contributed by atoms with E-state index in [2.05, 4.69) is 10.2 Å². The Balaban J connectivity index is 1.32. The summed E-state index contributed by atoms with van der Waals surface area (Å²) < 4.78 is 8.24. The van der Waals surface area contributed by atoms with E-state index in [9.17, 15) is 14.4 Å². The van der Waals surface area contributed by atoms with E-state index in [1.165, 1.54) is 4.57 Å². The summed E-state index contributed by atoms with van der Waals surface area (Å²) in [4.78, 5) is 39.5. The monoisotopic (exact) mass is 414 g/mol. The van der Waals surface area contributed by atoms with Gasteiger partial charge in [-0.05, 0) is 57.6 Å². The van der Waals surface area contributed by atoms with Crippen LogP contribution in [0.5, 0.6) is 0 Å². The number of fused-ring (bicyclic) bond motifs is 1. The standard InChI is InChI=1S/C22H30N4O4/c1-15(2)25-18-5-3-4-6-19(18)26(22(25)29)21(28)23-13-16-9-11-24(12-10-16)14-30-20(27)17-7-8-17/h3-6,15-17H,7-14H2,1-2H3,(H,23,28). The molecule has 1 saturated carbocycles. The van der Waals surface area contributed by atoms with Gasteiger partial charge in [0.15, 0.2) is 0 Å². The van der Waals surface area contributed by atoms with Crippen molar-refractivity contribution >= 4 is 23.0 Å². The van der Waals surface area contributed by atoms with Crippen molar-refractivity contribution in [2.24, 2.45) is 11.8 Å². The second kappa shape index (κ2) is 8.63. The van der Waals surface area contributed by atoms with Crippen LogP contribution in [0.15, 0.2) is 29.1 Å². The average Bonchev–Trinajstić information content (AvgIpc) is 3.54. The van der Waals surface area contributed by atoms with Crippen LogP contribution in [-0.2, 0) is 9.53 Å². The van der Waals surface area contributed by atoms with Gasteiger partial charge in [0, 0.05) is 25.7 Å². The van der Waals surface area contributed by atoms with Gasteiger partial charge in [-0.2, -0.15) is 0 Å². The van der Waals surface area contributed by atoms with Crippen LogP contribution in [0, 0.1) is 11.8 Å². The number of para-hydroxylation sites is 2. The van der Waals surface area contributed by atoms with Gasteiger partial charge < -0.3 is 10.1 Å². The minimum Gasteiger partial charge on any atom is -0.449 e. The quantitative estimate of drug-likeness (QED) is 0.735. The first-order chi connectivity index (χ1) is 14.5. The third kappa shape index (κ3) is 4.28. The van der Waals surface area contributed by atoms with Gasteiger partial charge in [-0.15, -0.1) is 0 Å². The molecule has 0 spiro atoms. The van der Waals surface area contributed by atoms with Crippen LogP contribution in [0.2, 0.25) is 0 Å². The minimum absolute atomic E-state index is 0.0326. The molecular weight excluding hydrogens is 384 g/mol. The summed E-state index contributed by atoms with van der Waals surface area (Å²) >= 11 is 0. The van der Waals surface area contributed by atoms with E-state index in [-0.39, 0.29) is 29.6 Å². The predicted molar refractivity (Wildman–Crippen MR) is 113 cm³/mol. The molecule has 1 saturated heterocycles. The molecule has 30 heavy (non-hydrogen) atoms. The molecule has 0 atom stereocenters. The molecule has 1 amide bonds. The highest BCUT2D eigenvalue weighted by Crippen LogP contribution is 2.30. The average molecular weight is 415 g/mol. The largest absolute Gasteiger partial charge is 0.449 e. The molecule has 8 heteroatoms. The van der Waals surface area contributed by atoms with E-state index in [1.54, 1.807) is 10.6 Å². The Morgan fingerprint density at radius 1 is 1.10 bits per heavy atom. The highest BCUT2D eigenvalue weighted by molar-refractivity contribution is 5.89. The summed E-state index contributed by atoms with van der Waals surface area (Å²) in [7, 11) is 0. The number of esters is 1. The first kappa shape index (κ1) is 20.7. The van der Waals surface area contributed by atoms with Gasteiger partial charge in [0.2, 0.25) is 0 Å². The number of hydrogen-bond acceptors (Lipinski definition) is 5. The lowest BCUT2D eigenvalue weighted by Gasteiger charge is -2.31. The molecule has 2 aliphatic rings. The molecule has 0 unspecified atom stereocenters. The van der Waals surface area contributed by atoms with Crippen LogP contribution in [-0.4, -0.2) is 52.4 Å². The summed E-state index contributed by atoms with van der Waals surface area (Å²) in [6.45, 7) is 6.44. The van der Waals surface area contributed by atoms with E-state index in [1.807, 2.05) is 32.0 Å². The lowest BCUT2D eigenvalue weighted by Crippen LogP contribution is -2.42. The second-order valence-corrected chi connectivity index (χ2v) is 8.68. The molecule has 1 aromatic heterocycles. The van der Waals surface area contributed by atoms with Crippen LogP contribution in [0.25, 0.3) is 11.0 Å². The Morgan fingerprint density at radius 3 is 2.40 bits per heavy atom. The summed E-state index contributed by atoms with van der Waals surface area (Å²) in [5.41, 5.74) is 1.08. The molecular formula is C22H30N4O4. The number of carbonyl (C=O) groups excluding carboxylic acids is 2. The number of imidazole rings is 1. The van der Waals surface area contributed by atoms with Crippen LogP contribution in [0.4, 0.5) is 4.79 Å². The van der Waals surface area contributed by atoms with Gasteiger partial charge in [0.25, 0.3) is 0 Å². The SMILES string of the molecule is CC(C)n1c(=O)n(C(=O)NCC2CCN(COC(=O)C3CC3)CC2)c2ccccc21. The molecule has 2 fully saturated rings. The number of ether oxygens (including phenoxy) is 1. The van der Waals surface area contributed by atoms with Crippen molar-refractivity contribution < 1.29 is 14.3 Å². The van der Waals surface area contributed by atoms with E-state index in [0.717, 1.165) is 44.3 Å². The maximum absolute atomic E-state index is 12.9. The predicted octanol–water partition coefficient (Wildman–Crippen LogP) is 2.56. The van der Waals surface area contributed by atoms with E-state index >= 15 is 0 Å². The molecule has 2 heterocycles. The third-order valence-corrected chi connectivity index (χ3v) is 6.05. The van der Waals surface area contributed by atoms with E-state index < -0.39 is 0 Å². The summed E-state index contributed by atoms with van der Waals surface area (Å²) in [6.07, 6.45) is 3.76. The van der Waals surface area contributed by atoms with Crippen molar-refractivity contribution in [1.82, 2.24) is 19.4 Å². The fourth-order valence-electron chi connectivity index (χ4n) is 4.09. The van der Waals surface area contributed by atoms with Gasteiger partial charge in [-0.3, -0.25) is 14.3 Å². The summed E-state index contributed by atoms with van der Waals surface area (Å²) in [5, 5.41) is 2.95. The smallest absolute Gasteiger partial charge is 0.337 e. The molecule has 162 valence electrons. The van der Waals surface area contributed by atoms with Crippen molar-refractivity contribution in [2.75, 3.05) is 26.4 Å². The Morgan fingerprint density at radius 2 is 1.77 bits per heavy atom. The molecule has 8 nitrogen and oxygen atoms in total. The second-order valence-electron chi connectivity index (χ2n) is 8.68. The number of aromatic nitrogens is 2. The highest BCUT2D eigenvalue weighted by Gasteiger charge is 2.32. The number of benzene rings is 1. The number of carbonyl (C=O) groups is 2. The molecule has 1 aliphatic heterocycles. The molecule has 4 rings (SSSR count). The Labute approximate surface area is 175 Å². The molecule has 1 aromatic carbocycles. The van der Waals surface area contributed by atoms with Crippen LogP contribution >= 0.6 is 0 Å². The molecule has 1 aliphatic carbocycles. The zero-order valence-electron chi connectivity index (χ0n) is 17.7. The van der Waals surface area contributed by atoms with Crippen molar-refractivity contribution in [3.63, 3.8) is 0 Å². The van der Waals surface area contributed by atoms with Crippen LogP contribution in [0.1, 0.15) is 45.6 Å². The highest BCUT2D eigenvalue weighted by atomic mass is 16.5. The van der Waals surface area contributed by atoms with E-state index in [4.69, 9.17) is 4.74 Å². The third-order valence-electron chi connectivity index (χ3n) is 6.05. The molecule has 1 N–H and O–H groups in total. The number of amides is 1. The van der Waals surface area contributed by atoms with Crippen LogP contribution < -0.4 is 11.0 Å². The zero-order chi connectivity index (χ0) is 21.3. The number of nitrogens with zero attached hydrogens (tertiary/aromatic N) is 3. The molecule has 0 bridgehead atoms. The maximum atomic E-state index is 12.9. The molecule has 2 aromatic rings. The first-order valence-corrected chi connectivity index (χ1v) is 10.8. The van der Waals surface area contributed by atoms with Crippen LogP contribution in [0.3, 0.4) is 0 Å². The lowest BCUT2D eigenvalue weighted by molar-refractivity contribution is -0.150. The van der Waals surface area contributed by atoms with Gasteiger partial charge in [0.05, 0.1) is 17.0 Å². The number of piperidine rings is 1. The fraction of sp³-hybridized carbons (Fsp3) is 0.591. The fourth-order valence-corrected chi connectivity index (χ4v) is 4.09. The summed E-state index contributed by atoms with van der Waals surface area (Å²) in [5.74, 6) is 0.400. The first-order valence-electron chi connectivity index (χ1n) is 10.8. The molecule has 0 radical (unpaired) electrons. The van der Waals surface area contributed by atoms with Gasteiger partial charge in [0.1, 0.15) is 6.73 Å². The number of rotatable bonds is 6. The Kier molecular flexibility index (Phi) is 5.94. The van der Waals surface area contributed by atoms with E-state index in [0.29, 0.717) is 24.7 Å². The van der Waals surface area contributed by atoms with Gasteiger partial charge >= 0.3 is 17.7 Å². The van der Waals surface area contributed by atoms with Crippen molar-refractivity contribution in [3.05, 3.63) is 34.7 Å². The van der Waals surface area contributed by atoms with Crippen molar-refractivity contribution in [3.8, 4) is 0 Å². The topological polar surface area (TPSA) is 85.6 Å². The van der Waals surface area contributed by atoms with Crippen molar-refractivity contribution in [2.45, 2.75) is 45.6 Å². The minimum atomic E-state index is -0.378. The van der Waals surface area contributed by atoms with Gasteiger partial charge in [-0.1, -0.05) is 12.1 Å². The summed E-state index contributed by atoms with van der Waals surface area (Å²) in [6, 6.07) is 6.97. The normalized spacial score (nSPS) is 18.1. The van der Waals surface area contributed by atoms with Crippen molar-refractivity contribution in [1.29, 1.82) is 0 Å². The zero-order valence-corrected chi connectivity index (χ0v) is 17.7. The number of hydrogen-bond donors (Lipinski definition) is 1. The number of likely N-dealkylation sites (tertiary alicyclic amines) is 1. The lowest BCUT2D eigenvalue weighted by atomic mass is 9.97.